The van der Waals surface area contributed by atoms with Crippen molar-refractivity contribution in [1.29, 1.82) is 0 Å². The summed E-state index contributed by atoms with van der Waals surface area (Å²) < 4.78 is 13.3. The largest absolute Gasteiger partial charge is 0.469 e. The number of methoxy groups -OCH3 is 3. The van der Waals surface area contributed by atoms with E-state index in [-0.39, 0.29) is 34.5 Å². The predicted molar refractivity (Wildman–Crippen MR) is 160 cm³/mol. The fourth-order valence-electron chi connectivity index (χ4n) is 3.72. The summed E-state index contributed by atoms with van der Waals surface area (Å²) in [5.41, 5.74) is 0. The second-order valence-corrected chi connectivity index (χ2v) is 10.4. The summed E-state index contributed by atoms with van der Waals surface area (Å²) in [6, 6.07) is -4.01. The van der Waals surface area contributed by atoms with Crippen molar-refractivity contribution in [2.75, 3.05) is 60.6 Å². The van der Waals surface area contributed by atoms with Gasteiger partial charge in [-0.05, 0) is 20.8 Å². The van der Waals surface area contributed by atoms with Crippen molar-refractivity contribution in [3.8, 4) is 0 Å². The summed E-state index contributed by atoms with van der Waals surface area (Å²) in [4.78, 5) is 110. The molecule has 0 unspecified atom stereocenters. The molecule has 0 saturated heterocycles. The number of esters is 3. The van der Waals surface area contributed by atoms with E-state index in [1.54, 1.807) is 0 Å². The lowest BCUT2D eigenvalue weighted by molar-refractivity contribution is -0.170. The molecule has 22 heteroatoms. The summed E-state index contributed by atoms with van der Waals surface area (Å²) in [5, 5.41) is 37.1. The molecule has 0 aliphatic carbocycles. The van der Waals surface area contributed by atoms with Crippen molar-refractivity contribution < 1.29 is 73.0 Å². The fourth-order valence-corrected chi connectivity index (χ4v) is 3.72. The van der Waals surface area contributed by atoms with Gasteiger partial charge in [0.1, 0.15) is 18.1 Å². The molecule has 0 saturated carbocycles. The third-order valence-corrected chi connectivity index (χ3v) is 6.37. The van der Waals surface area contributed by atoms with Crippen molar-refractivity contribution in [2.24, 2.45) is 0 Å². The minimum Gasteiger partial charge on any atom is -0.469 e. The van der Waals surface area contributed by atoms with Crippen LogP contribution in [0.5, 0.6) is 0 Å². The minimum atomic E-state index is -1.34. The third-order valence-electron chi connectivity index (χ3n) is 6.37. The Morgan fingerprint density at radius 1 is 0.490 bits per heavy atom. The Hall–Kier alpha value is -4.93. The zero-order valence-electron chi connectivity index (χ0n) is 28.1. The van der Waals surface area contributed by atoms with Gasteiger partial charge in [0.05, 0.1) is 79.9 Å². The highest BCUT2D eigenvalue weighted by Crippen LogP contribution is 2.00. The molecular weight excluding hydrogens is 662 g/mol. The molecule has 0 bridgehead atoms. The monoisotopic (exact) mass is 707 g/mol. The Labute approximate surface area is 281 Å². The van der Waals surface area contributed by atoms with Gasteiger partial charge in [-0.3, -0.25) is 63.7 Å². The quantitative estimate of drug-likeness (QED) is 0.0288. The van der Waals surface area contributed by atoms with Crippen LogP contribution >= 0.6 is 0 Å². The van der Waals surface area contributed by atoms with Gasteiger partial charge in [0.2, 0.25) is 17.7 Å². The van der Waals surface area contributed by atoms with Crippen molar-refractivity contribution in [3.05, 3.63) is 0 Å². The summed E-state index contributed by atoms with van der Waals surface area (Å²) in [6.45, 7) is 0.193. The first-order chi connectivity index (χ1) is 22.9. The number of carbonyl (C=O) groups excluding carboxylic acids is 9. The molecule has 0 fully saturated rings. The normalized spacial score (nSPS) is 12.4. The van der Waals surface area contributed by atoms with Crippen molar-refractivity contribution in [1.82, 2.24) is 36.0 Å². The van der Waals surface area contributed by atoms with Gasteiger partial charge in [-0.1, -0.05) is 0 Å². The highest BCUT2D eigenvalue weighted by molar-refractivity contribution is 5.91. The molecule has 0 spiro atoms. The van der Waals surface area contributed by atoms with Crippen LogP contribution in [0.15, 0.2) is 0 Å². The number of hydroxylamine groups is 6. The number of rotatable bonds is 21. The van der Waals surface area contributed by atoms with Crippen LogP contribution in [0.3, 0.4) is 0 Å². The van der Waals surface area contributed by atoms with Crippen LogP contribution in [0.25, 0.3) is 0 Å². The molecule has 0 aliphatic rings. The third kappa shape index (κ3) is 17.7. The molecule has 0 heterocycles. The van der Waals surface area contributed by atoms with E-state index in [1.165, 1.54) is 20.8 Å². The molecule has 6 N–H and O–H groups in total. The van der Waals surface area contributed by atoms with E-state index in [0.717, 1.165) is 26.2 Å². The summed E-state index contributed by atoms with van der Waals surface area (Å²) >= 11 is 0. The molecule has 278 valence electrons. The Morgan fingerprint density at radius 2 is 0.714 bits per heavy atom. The zero-order valence-corrected chi connectivity index (χ0v) is 28.1. The maximum Gasteiger partial charge on any atom is 0.307 e. The van der Waals surface area contributed by atoms with Gasteiger partial charge in [0.15, 0.2) is 0 Å². The van der Waals surface area contributed by atoms with E-state index in [4.69, 9.17) is 0 Å². The molecule has 49 heavy (non-hydrogen) atoms. The predicted octanol–water partition coefficient (Wildman–Crippen LogP) is -3.85. The number of nitrogens with zero attached hydrogens (tertiary/aromatic N) is 4. The molecule has 0 radical (unpaired) electrons. The maximum atomic E-state index is 12.8. The van der Waals surface area contributed by atoms with E-state index in [9.17, 15) is 58.8 Å². The Bertz CT molecular complexity index is 1060. The number of ether oxygens (including phenoxy) is 3. The van der Waals surface area contributed by atoms with Gasteiger partial charge < -0.3 is 30.2 Å². The van der Waals surface area contributed by atoms with Gasteiger partial charge in [-0.25, -0.2) is 15.2 Å². The van der Waals surface area contributed by atoms with Crippen LogP contribution in [0.4, 0.5) is 0 Å². The van der Waals surface area contributed by atoms with Crippen LogP contribution in [-0.2, 0) is 57.4 Å². The lowest BCUT2D eigenvalue weighted by Gasteiger charge is -2.25. The number of hydrogen-bond donors (Lipinski definition) is 6. The first-order valence-electron chi connectivity index (χ1n) is 14.7. The molecule has 0 aliphatic heterocycles. The van der Waals surface area contributed by atoms with Crippen LogP contribution in [0.1, 0.15) is 40.0 Å². The van der Waals surface area contributed by atoms with E-state index < -0.39 is 111 Å². The Morgan fingerprint density at radius 3 is 0.918 bits per heavy atom. The fraction of sp³-hybridized carbons (Fsp3) is 0.667. The summed E-state index contributed by atoms with van der Waals surface area (Å²) in [7, 11) is 3.34. The topological polar surface area (TPSA) is 291 Å². The van der Waals surface area contributed by atoms with Crippen LogP contribution in [0.2, 0.25) is 0 Å². The number of carbonyl (C=O) groups is 9. The standard InChI is InChI=1S/C27H45N7O15/c1-16(25(41)32(44)10-7-22(38)47-4)28-19(35)13-31(14-20(36)29-17(2)26(42)33(45)11-8-23(39)48-5)15-21(37)30-18(3)27(43)34(46)12-9-24(40)49-6/h16-18,44-46H,7-15H2,1-6H3,(H,28,35)(H,29,36)(H,30,37)/t16-,17-,18-/m1/s1. The average molecular weight is 708 g/mol. The number of amides is 6. The smallest absolute Gasteiger partial charge is 0.307 e. The van der Waals surface area contributed by atoms with Crippen LogP contribution in [0, 0.1) is 0 Å². The van der Waals surface area contributed by atoms with Crippen molar-refractivity contribution >= 4 is 53.4 Å². The number of hydrogen-bond acceptors (Lipinski definition) is 16. The lowest BCUT2D eigenvalue weighted by atomic mass is 10.2. The summed E-state index contributed by atoms with van der Waals surface area (Å²) in [6.07, 6.45) is -1.01. The van der Waals surface area contributed by atoms with E-state index in [0.29, 0.717) is 0 Å². The molecule has 0 rings (SSSR count). The maximum absolute atomic E-state index is 12.8. The van der Waals surface area contributed by atoms with E-state index >= 15 is 0 Å². The van der Waals surface area contributed by atoms with Gasteiger partial charge in [0, 0.05) is 0 Å². The van der Waals surface area contributed by atoms with Gasteiger partial charge in [-0.2, -0.15) is 0 Å². The van der Waals surface area contributed by atoms with Gasteiger partial charge in [0.25, 0.3) is 17.7 Å². The molecule has 0 aromatic rings. The first-order valence-corrected chi connectivity index (χ1v) is 14.7. The second-order valence-electron chi connectivity index (χ2n) is 10.4. The Balaban J connectivity index is 5.60. The molecular formula is C27H45N7O15. The van der Waals surface area contributed by atoms with Gasteiger partial charge in [-0.15, -0.1) is 0 Å². The van der Waals surface area contributed by atoms with Gasteiger partial charge >= 0.3 is 17.9 Å². The van der Waals surface area contributed by atoms with E-state index in [1.807, 2.05) is 0 Å². The van der Waals surface area contributed by atoms with Crippen molar-refractivity contribution in [2.45, 2.75) is 58.2 Å². The number of nitrogens with one attached hydrogen (secondary N) is 3. The second kappa shape index (κ2) is 22.6. The highest BCUT2D eigenvalue weighted by Gasteiger charge is 2.28. The molecule has 6 amide bonds. The van der Waals surface area contributed by atoms with Crippen LogP contribution < -0.4 is 16.0 Å². The van der Waals surface area contributed by atoms with Crippen molar-refractivity contribution in [3.63, 3.8) is 0 Å². The van der Waals surface area contributed by atoms with E-state index in [2.05, 4.69) is 30.2 Å². The highest BCUT2D eigenvalue weighted by atomic mass is 16.5. The average Bonchev–Trinajstić information content (AvgIpc) is 3.05. The SMILES string of the molecule is COC(=O)CCN(O)C(=O)[C@@H](C)NC(=O)CN(CC(=O)N[C@H](C)C(=O)N(O)CCC(=O)OC)CC(=O)N[C@H](C)C(=O)N(O)CCC(=O)OC. The molecule has 22 nitrogen and oxygen atoms in total. The Kier molecular flexibility index (Phi) is 20.3. The summed E-state index contributed by atoms with van der Waals surface area (Å²) in [5.74, 6) is -7.85. The molecule has 3 atom stereocenters. The molecule has 0 aromatic carbocycles. The first kappa shape index (κ1) is 44.1. The zero-order chi connectivity index (χ0) is 37.8. The van der Waals surface area contributed by atoms with Crippen LogP contribution in [-0.4, -0.2) is 168 Å². The minimum absolute atomic E-state index is 0.197. The molecule has 0 aromatic heterocycles. The lowest BCUT2D eigenvalue weighted by Crippen LogP contribution is -2.54.